The lowest BCUT2D eigenvalue weighted by atomic mass is 10.2. The molecule has 0 aliphatic carbocycles. The Morgan fingerprint density at radius 1 is 1.22 bits per heavy atom. The molecule has 1 unspecified atom stereocenters. The summed E-state index contributed by atoms with van der Waals surface area (Å²) in [6.45, 7) is 2.75. The average Bonchev–Trinajstić information content (AvgIpc) is 2.89. The molecular weight excluding hydrogens is 228 g/mol. The van der Waals surface area contributed by atoms with Gasteiger partial charge in [-0.2, -0.15) is 0 Å². The molecule has 1 aromatic heterocycles. The first kappa shape index (κ1) is 12.5. The van der Waals surface area contributed by atoms with Gasteiger partial charge in [-0.05, 0) is 31.2 Å². The van der Waals surface area contributed by atoms with E-state index in [0.717, 1.165) is 5.75 Å². The lowest BCUT2D eigenvalue weighted by Crippen LogP contribution is -2.30. The Balaban J connectivity index is 1.71. The molecule has 2 aromatic rings. The van der Waals surface area contributed by atoms with Crippen molar-refractivity contribution in [2.24, 2.45) is 0 Å². The van der Waals surface area contributed by atoms with Crippen LogP contribution >= 0.6 is 0 Å². The standard InChI is InChI=1S/C14H18N2O2/c1-12-4-6-14(7-5-12)18-11-13(17)10-15-16-8-2-3-9-16/h2-9,13,15,17H,10-11H2,1H3. The Kier molecular flexibility index (Phi) is 4.25. The van der Waals surface area contributed by atoms with Crippen LogP contribution in [0.1, 0.15) is 5.56 Å². The molecule has 0 amide bonds. The number of rotatable bonds is 6. The van der Waals surface area contributed by atoms with Crippen molar-refractivity contribution in [1.82, 2.24) is 4.68 Å². The molecule has 0 aliphatic rings. The van der Waals surface area contributed by atoms with E-state index in [1.165, 1.54) is 5.56 Å². The monoisotopic (exact) mass is 246 g/mol. The number of hydrogen-bond donors (Lipinski definition) is 2. The number of aromatic nitrogens is 1. The topological polar surface area (TPSA) is 46.4 Å². The van der Waals surface area contributed by atoms with Crippen LogP contribution in [0.2, 0.25) is 0 Å². The summed E-state index contributed by atoms with van der Waals surface area (Å²) in [5.74, 6) is 0.778. The summed E-state index contributed by atoms with van der Waals surface area (Å²) in [5.41, 5.74) is 4.25. The predicted molar refractivity (Wildman–Crippen MR) is 71.3 cm³/mol. The molecule has 0 fully saturated rings. The van der Waals surface area contributed by atoms with Gasteiger partial charge in [0, 0.05) is 12.4 Å². The van der Waals surface area contributed by atoms with Crippen molar-refractivity contribution in [3.63, 3.8) is 0 Å². The van der Waals surface area contributed by atoms with E-state index in [4.69, 9.17) is 4.74 Å². The molecule has 1 heterocycles. The molecule has 1 atom stereocenters. The molecule has 18 heavy (non-hydrogen) atoms. The highest BCUT2D eigenvalue weighted by atomic mass is 16.5. The lowest BCUT2D eigenvalue weighted by molar-refractivity contribution is 0.115. The fourth-order valence-electron chi connectivity index (χ4n) is 1.54. The highest BCUT2D eigenvalue weighted by Gasteiger charge is 2.04. The normalized spacial score (nSPS) is 12.1. The van der Waals surface area contributed by atoms with Gasteiger partial charge in [-0.1, -0.05) is 17.7 Å². The van der Waals surface area contributed by atoms with Gasteiger partial charge in [0.05, 0.1) is 6.54 Å². The van der Waals surface area contributed by atoms with Crippen LogP contribution < -0.4 is 10.2 Å². The fourth-order valence-corrected chi connectivity index (χ4v) is 1.54. The zero-order valence-corrected chi connectivity index (χ0v) is 10.4. The zero-order chi connectivity index (χ0) is 12.8. The highest BCUT2D eigenvalue weighted by molar-refractivity contribution is 5.26. The fraction of sp³-hybridized carbons (Fsp3) is 0.286. The van der Waals surface area contributed by atoms with Crippen molar-refractivity contribution in [3.05, 3.63) is 54.4 Å². The lowest BCUT2D eigenvalue weighted by Gasteiger charge is -2.14. The van der Waals surface area contributed by atoms with E-state index in [1.54, 1.807) is 4.68 Å². The Morgan fingerprint density at radius 2 is 1.89 bits per heavy atom. The number of ether oxygens (including phenoxy) is 1. The van der Waals surface area contributed by atoms with Gasteiger partial charge < -0.3 is 15.3 Å². The molecule has 4 heteroatoms. The van der Waals surface area contributed by atoms with Gasteiger partial charge >= 0.3 is 0 Å². The van der Waals surface area contributed by atoms with Crippen LogP contribution in [0.15, 0.2) is 48.8 Å². The second-order valence-corrected chi connectivity index (χ2v) is 4.23. The highest BCUT2D eigenvalue weighted by Crippen LogP contribution is 2.11. The molecule has 0 aliphatic heterocycles. The summed E-state index contributed by atoms with van der Waals surface area (Å²) in [4.78, 5) is 0. The number of benzene rings is 1. The molecule has 96 valence electrons. The van der Waals surface area contributed by atoms with Crippen molar-refractivity contribution < 1.29 is 9.84 Å². The Morgan fingerprint density at radius 3 is 2.56 bits per heavy atom. The Hall–Kier alpha value is -1.94. The van der Waals surface area contributed by atoms with E-state index >= 15 is 0 Å². The van der Waals surface area contributed by atoms with Crippen molar-refractivity contribution in [3.8, 4) is 5.75 Å². The number of nitrogens with one attached hydrogen (secondary N) is 1. The van der Waals surface area contributed by atoms with Crippen molar-refractivity contribution >= 4 is 0 Å². The number of hydrogen-bond acceptors (Lipinski definition) is 3. The van der Waals surface area contributed by atoms with Crippen LogP contribution in [0.4, 0.5) is 0 Å². The summed E-state index contributed by atoms with van der Waals surface area (Å²) in [7, 11) is 0. The second kappa shape index (κ2) is 6.12. The summed E-state index contributed by atoms with van der Waals surface area (Å²) in [6.07, 6.45) is 3.22. The van der Waals surface area contributed by atoms with Gasteiger partial charge in [-0.15, -0.1) is 0 Å². The maximum Gasteiger partial charge on any atom is 0.119 e. The van der Waals surface area contributed by atoms with Gasteiger partial charge in [0.25, 0.3) is 0 Å². The van der Waals surface area contributed by atoms with Crippen molar-refractivity contribution in [2.45, 2.75) is 13.0 Å². The van der Waals surface area contributed by atoms with Crippen LogP contribution in [0.25, 0.3) is 0 Å². The van der Waals surface area contributed by atoms with Crippen LogP contribution in [-0.2, 0) is 0 Å². The first-order valence-corrected chi connectivity index (χ1v) is 5.98. The summed E-state index contributed by atoms with van der Waals surface area (Å²) >= 11 is 0. The van der Waals surface area contributed by atoms with Gasteiger partial charge in [-0.3, -0.25) is 4.68 Å². The average molecular weight is 246 g/mol. The minimum absolute atomic E-state index is 0.275. The molecule has 0 saturated carbocycles. The molecule has 0 bridgehead atoms. The summed E-state index contributed by atoms with van der Waals surface area (Å²) in [5, 5.41) is 9.76. The molecule has 4 nitrogen and oxygen atoms in total. The Bertz CT molecular complexity index is 451. The van der Waals surface area contributed by atoms with Gasteiger partial charge in [0.1, 0.15) is 18.5 Å². The number of aryl methyl sites for hydroxylation is 1. The Labute approximate surface area is 107 Å². The van der Waals surface area contributed by atoms with Gasteiger partial charge in [0.15, 0.2) is 0 Å². The SMILES string of the molecule is Cc1ccc(OCC(O)CNn2cccc2)cc1. The van der Waals surface area contributed by atoms with E-state index in [2.05, 4.69) is 5.43 Å². The van der Waals surface area contributed by atoms with Crippen LogP contribution in [-0.4, -0.2) is 29.0 Å². The third kappa shape index (κ3) is 3.82. The second-order valence-electron chi connectivity index (χ2n) is 4.23. The van der Waals surface area contributed by atoms with Crippen molar-refractivity contribution in [2.75, 3.05) is 18.6 Å². The molecule has 2 rings (SSSR count). The summed E-state index contributed by atoms with van der Waals surface area (Å²) in [6, 6.07) is 11.6. The number of aliphatic hydroxyl groups excluding tert-OH is 1. The summed E-state index contributed by atoms with van der Waals surface area (Å²) < 4.78 is 7.29. The third-order valence-corrected chi connectivity index (χ3v) is 2.58. The maximum absolute atomic E-state index is 9.76. The van der Waals surface area contributed by atoms with Crippen LogP contribution in [0, 0.1) is 6.92 Å². The quantitative estimate of drug-likeness (QED) is 0.816. The van der Waals surface area contributed by atoms with E-state index in [0.29, 0.717) is 6.54 Å². The van der Waals surface area contributed by atoms with Gasteiger partial charge in [-0.25, -0.2) is 0 Å². The molecule has 1 aromatic carbocycles. The third-order valence-electron chi connectivity index (χ3n) is 2.58. The minimum Gasteiger partial charge on any atom is -0.491 e. The van der Waals surface area contributed by atoms with Gasteiger partial charge in [0.2, 0.25) is 0 Å². The first-order valence-electron chi connectivity index (χ1n) is 5.98. The van der Waals surface area contributed by atoms with E-state index in [-0.39, 0.29) is 6.61 Å². The smallest absolute Gasteiger partial charge is 0.119 e. The predicted octanol–water partition coefficient (Wildman–Crippen LogP) is 1.78. The number of nitrogens with zero attached hydrogens (tertiary/aromatic N) is 1. The molecular formula is C14H18N2O2. The van der Waals surface area contributed by atoms with Crippen LogP contribution in [0.3, 0.4) is 0 Å². The minimum atomic E-state index is -0.547. The molecule has 0 radical (unpaired) electrons. The van der Waals surface area contributed by atoms with E-state index in [9.17, 15) is 5.11 Å². The molecule has 2 N–H and O–H groups in total. The van der Waals surface area contributed by atoms with Crippen LogP contribution in [0.5, 0.6) is 5.75 Å². The van der Waals surface area contributed by atoms with E-state index < -0.39 is 6.10 Å². The molecule has 0 saturated heterocycles. The first-order chi connectivity index (χ1) is 8.74. The van der Waals surface area contributed by atoms with E-state index in [1.807, 2.05) is 55.7 Å². The number of aliphatic hydroxyl groups is 1. The largest absolute Gasteiger partial charge is 0.491 e. The maximum atomic E-state index is 9.76. The zero-order valence-electron chi connectivity index (χ0n) is 10.4. The molecule has 0 spiro atoms. The van der Waals surface area contributed by atoms with Crippen molar-refractivity contribution in [1.29, 1.82) is 0 Å².